The van der Waals surface area contributed by atoms with Crippen LogP contribution in [0.15, 0.2) is 30.3 Å². The summed E-state index contributed by atoms with van der Waals surface area (Å²) < 4.78 is 12.1. The van der Waals surface area contributed by atoms with Gasteiger partial charge in [-0.3, -0.25) is 0 Å². The third-order valence-corrected chi connectivity index (χ3v) is 10.8. The first-order valence-electron chi connectivity index (χ1n) is 8.61. The fourth-order valence-corrected chi connectivity index (χ4v) is 8.27. The molecule has 1 aromatic carbocycles. The van der Waals surface area contributed by atoms with Crippen molar-refractivity contribution in [1.29, 1.82) is 0 Å². The van der Waals surface area contributed by atoms with Gasteiger partial charge in [-0.05, 0) is 0 Å². The van der Waals surface area contributed by atoms with Crippen LogP contribution in [-0.2, 0) is 15.0 Å². The van der Waals surface area contributed by atoms with Crippen molar-refractivity contribution in [3.05, 3.63) is 30.3 Å². The average Bonchev–Trinajstić information content (AvgIpc) is 2.55. The van der Waals surface area contributed by atoms with Crippen LogP contribution in [0.5, 0.6) is 0 Å². The third-order valence-electron chi connectivity index (χ3n) is 3.52. The second kappa shape index (κ2) is 12.5. The number of hydrogen-bond acceptors (Lipinski definition) is 4. The van der Waals surface area contributed by atoms with Gasteiger partial charge in [0.2, 0.25) is 0 Å². The molecule has 0 bridgehead atoms. The number of hydrogen-bond donors (Lipinski definition) is 0. The molecule has 23 heavy (non-hydrogen) atoms. The predicted octanol–water partition coefficient (Wildman–Crippen LogP) is 3.63. The Morgan fingerprint density at radius 1 is 0.826 bits per heavy atom. The van der Waals surface area contributed by atoms with Gasteiger partial charge >= 0.3 is 149 Å². The molecule has 0 saturated heterocycles. The van der Waals surface area contributed by atoms with Crippen molar-refractivity contribution >= 4 is 38.7 Å². The molecule has 0 aromatic heterocycles. The summed E-state index contributed by atoms with van der Waals surface area (Å²) in [6.45, 7) is 4.19. The zero-order valence-electron chi connectivity index (χ0n) is 14.3. The van der Waals surface area contributed by atoms with Crippen LogP contribution in [0.3, 0.4) is 0 Å². The molecule has 0 N–H and O–H groups in total. The Labute approximate surface area is 149 Å². The predicted molar refractivity (Wildman–Crippen MR) is 92.3 cm³/mol. The quantitative estimate of drug-likeness (QED) is 0.336. The number of carbonyl (C=O) groups excluding carboxylic acids is 2. The molecule has 126 valence electrons. The van der Waals surface area contributed by atoms with E-state index in [2.05, 4.69) is 13.8 Å². The van der Waals surface area contributed by atoms with Crippen LogP contribution in [0.1, 0.15) is 65.2 Å². The zero-order chi connectivity index (χ0) is 16.9. The van der Waals surface area contributed by atoms with Gasteiger partial charge in [-0.15, -0.1) is 0 Å². The SMILES string of the molecule is CCCCCC(=O)[O][Tl]([O]C(=O)CCCCC)[c]1ccccc1. The molecule has 0 aliphatic rings. The summed E-state index contributed by atoms with van der Waals surface area (Å²) in [6.07, 6.45) is 6.62. The average molecular weight is 512 g/mol. The van der Waals surface area contributed by atoms with Gasteiger partial charge < -0.3 is 0 Å². The minimum atomic E-state index is -3.45. The van der Waals surface area contributed by atoms with E-state index >= 15 is 0 Å². The van der Waals surface area contributed by atoms with Crippen LogP contribution in [0.4, 0.5) is 0 Å². The van der Waals surface area contributed by atoms with Gasteiger partial charge in [0, 0.05) is 0 Å². The Balaban J connectivity index is 2.59. The van der Waals surface area contributed by atoms with E-state index in [4.69, 9.17) is 5.37 Å². The zero-order valence-corrected chi connectivity index (χ0v) is 18.7. The summed E-state index contributed by atoms with van der Waals surface area (Å²) >= 11 is -3.45. The number of rotatable bonds is 11. The standard InChI is InChI=1S/2C6H12O2.C6H5.Tl/c2*1-2-3-4-5-6(7)8;1-2-4-6-5-3-1;/h2*2-5H2,1H3,(H,7,8);1-5H;/q;;;+2/p-2. The number of benzene rings is 1. The molecule has 0 atom stereocenters. The van der Waals surface area contributed by atoms with Gasteiger partial charge in [-0.1, -0.05) is 0 Å². The Kier molecular flexibility index (Phi) is 10.9. The van der Waals surface area contributed by atoms with Gasteiger partial charge in [0.1, 0.15) is 0 Å². The second-order valence-electron chi connectivity index (χ2n) is 5.64. The summed E-state index contributed by atoms with van der Waals surface area (Å²) in [5.74, 6) is -0.453. The second-order valence-corrected chi connectivity index (χ2v) is 12.6. The Bertz CT molecular complexity index is 437. The molecule has 0 saturated carbocycles. The topological polar surface area (TPSA) is 52.6 Å². The van der Waals surface area contributed by atoms with Crippen molar-refractivity contribution in [3.8, 4) is 0 Å². The van der Waals surface area contributed by atoms with Crippen LogP contribution in [0.25, 0.3) is 0 Å². The Morgan fingerprint density at radius 2 is 1.30 bits per heavy atom. The molecule has 0 spiro atoms. The summed E-state index contributed by atoms with van der Waals surface area (Å²) in [4.78, 5) is 24.0. The molecular formula is C18H27O4Tl. The van der Waals surface area contributed by atoms with Crippen LogP contribution in [0.2, 0.25) is 0 Å². The fourth-order valence-electron chi connectivity index (χ4n) is 2.17. The van der Waals surface area contributed by atoms with Crippen molar-refractivity contribution in [3.63, 3.8) is 0 Å². The Hall–Kier alpha value is -0.918. The van der Waals surface area contributed by atoms with Gasteiger partial charge in [0.05, 0.1) is 0 Å². The van der Waals surface area contributed by atoms with E-state index in [9.17, 15) is 9.59 Å². The van der Waals surface area contributed by atoms with Gasteiger partial charge in [-0.25, -0.2) is 0 Å². The van der Waals surface area contributed by atoms with Crippen molar-refractivity contribution in [1.82, 2.24) is 0 Å². The van der Waals surface area contributed by atoms with Gasteiger partial charge in [-0.2, -0.15) is 0 Å². The van der Waals surface area contributed by atoms with E-state index in [1.54, 1.807) is 0 Å². The number of carbonyl (C=O) groups is 2. The van der Waals surface area contributed by atoms with E-state index in [0.29, 0.717) is 12.8 Å². The van der Waals surface area contributed by atoms with E-state index in [0.717, 1.165) is 41.6 Å². The molecule has 4 nitrogen and oxygen atoms in total. The fraction of sp³-hybridized carbons (Fsp3) is 0.556. The molecule has 0 unspecified atom stereocenters. The molecule has 5 heteroatoms. The van der Waals surface area contributed by atoms with Crippen LogP contribution in [-0.4, -0.2) is 35.5 Å². The molecular weight excluding hydrogens is 485 g/mol. The third kappa shape index (κ3) is 9.08. The summed E-state index contributed by atoms with van der Waals surface area (Å²) in [6, 6.07) is 9.46. The normalized spacial score (nSPS) is 10.2. The van der Waals surface area contributed by atoms with Crippen LogP contribution >= 0.6 is 0 Å². The molecule has 0 amide bonds. The molecule has 0 fully saturated rings. The van der Waals surface area contributed by atoms with Crippen LogP contribution < -0.4 is 3.12 Å². The maximum absolute atomic E-state index is 12.0. The van der Waals surface area contributed by atoms with Crippen molar-refractivity contribution in [2.24, 2.45) is 0 Å². The molecule has 1 rings (SSSR count). The van der Waals surface area contributed by atoms with E-state index in [1.165, 1.54) is 0 Å². The molecule has 0 heterocycles. The first-order chi connectivity index (χ1) is 11.2. The van der Waals surface area contributed by atoms with Crippen molar-refractivity contribution in [2.45, 2.75) is 65.2 Å². The first-order valence-corrected chi connectivity index (χ1v) is 14.5. The Morgan fingerprint density at radius 3 is 1.74 bits per heavy atom. The maximum atomic E-state index is 12.0. The summed E-state index contributed by atoms with van der Waals surface area (Å²) in [5.41, 5.74) is 0. The van der Waals surface area contributed by atoms with Gasteiger partial charge in [0.25, 0.3) is 0 Å². The molecule has 0 aliphatic heterocycles. The minimum absolute atomic E-state index is 0.227. The summed E-state index contributed by atoms with van der Waals surface area (Å²) in [5, 5.41) is 0. The molecule has 0 radical (unpaired) electrons. The summed E-state index contributed by atoms with van der Waals surface area (Å²) in [7, 11) is 0. The van der Waals surface area contributed by atoms with Gasteiger partial charge in [0.15, 0.2) is 0 Å². The van der Waals surface area contributed by atoms with Crippen molar-refractivity contribution < 1.29 is 15.0 Å². The van der Waals surface area contributed by atoms with Crippen molar-refractivity contribution in [2.75, 3.05) is 0 Å². The van der Waals surface area contributed by atoms with Crippen LogP contribution in [0, 0.1) is 0 Å². The number of unbranched alkanes of at least 4 members (excludes halogenated alkanes) is 4. The van der Waals surface area contributed by atoms with E-state index in [1.807, 2.05) is 30.3 Å². The monoisotopic (exact) mass is 512 g/mol. The van der Waals surface area contributed by atoms with E-state index in [-0.39, 0.29) is 11.9 Å². The van der Waals surface area contributed by atoms with E-state index < -0.39 is 23.6 Å². The molecule has 1 aromatic rings. The molecule has 0 aliphatic carbocycles. The first kappa shape index (κ1) is 20.1.